The van der Waals surface area contributed by atoms with Crippen molar-refractivity contribution in [1.29, 1.82) is 0 Å². The largest absolute Gasteiger partial charge is 0.508 e. The van der Waals surface area contributed by atoms with E-state index in [-0.39, 0.29) is 30.3 Å². The normalized spacial score (nSPS) is 23.6. The molecule has 0 bridgehead atoms. The number of aromatic hydroxyl groups is 3. The molecule has 2 aromatic carbocycles. The molecule has 6 heteroatoms. The van der Waals surface area contributed by atoms with Crippen LogP contribution in [0.2, 0.25) is 0 Å². The van der Waals surface area contributed by atoms with Crippen molar-refractivity contribution in [1.82, 2.24) is 0 Å². The van der Waals surface area contributed by atoms with Gasteiger partial charge in [-0.25, -0.2) is 0 Å². The van der Waals surface area contributed by atoms with Crippen LogP contribution in [0.5, 0.6) is 23.0 Å². The zero-order valence-electron chi connectivity index (χ0n) is 11.6. The molecule has 1 aliphatic heterocycles. The molecule has 1 aliphatic rings. The average Bonchev–Trinajstić information content (AvgIpc) is 2.47. The molecule has 6 nitrogen and oxygen atoms in total. The van der Waals surface area contributed by atoms with Gasteiger partial charge in [0.2, 0.25) is 0 Å². The quantitative estimate of drug-likeness (QED) is 0.533. The summed E-state index contributed by atoms with van der Waals surface area (Å²) in [5.41, 5.74) is -0.648. The summed E-state index contributed by atoms with van der Waals surface area (Å²) >= 11 is 0. The number of aliphatic hydroxyl groups is 2. The van der Waals surface area contributed by atoms with Crippen molar-refractivity contribution in [2.75, 3.05) is 6.61 Å². The van der Waals surface area contributed by atoms with Crippen LogP contribution < -0.4 is 4.74 Å². The number of phenols is 3. The van der Waals surface area contributed by atoms with Gasteiger partial charge in [0.05, 0.1) is 0 Å². The third-order valence-electron chi connectivity index (χ3n) is 3.83. The van der Waals surface area contributed by atoms with Crippen LogP contribution in [-0.2, 0) is 6.42 Å². The van der Waals surface area contributed by atoms with Crippen LogP contribution in [0.3, 0.4) is 0 Å². The first kappa shape index (κ1) is 14.5. The predicted molar refractivity (Wildman–Crippen MR) is 77.0 cm³/mol. The van der Waals surface area contributed by atoms with Gasteiger partial charge in [-0.2, -0.15) is 0 Å². The van der Waals surface area contributed by atoms with Crippen molar-refractivity contribution in [3.63, 3.8) is 0 Å². The SMILES string of the molecule is Oc1ccc2c(c1)OC[C@@](O)(Cc1ccc(O)c(O)c1)[C@H]2O. The van der Waals surface area contributed by atoms with Gasteiger partial charge in [-0.05, 0) is 29.8 Å². The van der Waals surface area contributed by atoms with Gasteiger partial charge < -0.3 is 30.3 Å². The van der Waals surface area contributed by atoms with Gasteiger partial charge in [0.15, 0.2) is 11.5 Å². The molecule has 0 unspecified atom stereocenters. The lowest BCUT2D eigenvalue weighted by molar-refractivity contribution is -0.114. The Kier molecular flexibility index (Phi) is 3.35. The molecular weight excluding hydrogens is 288 g/mol. The maximum atomic E-state index is 10.7. The van der Waals surface area contributed by atoms with Gasteiger partial charge in [0, 0.05) is 18.1 Å². The van der Waals surface area contributed by atoms with E-state index in [2.05, 4.69) is 0 Å². The van der Waals surface area contributed by atoms with Crippen LogP contribution in [0.4, 0.5) is 0 Å². The fourth-order valence-electron chi connectivity index (χ4n) is 2.63. The third kappa shape index (κ3) is 2.43. The first-order chi connectivity index (χ1) is 10.4. The number of fused-ring (bicyclic) bond motifs is 1. The molecule has 0 fully saturated rings. The number of hydrogen-bond donors (Lipinski definition) is 5. The molecule has 0 aliphatic carbocycles. The molecular formula is C16H16O6. The van der Waals surface area contributed by atoms with E-state index < -0.39 is 11.7 Å². The fourth-order valence-corrected chi connectivity index (χ4v) is 2.63. The molecule has 2 atom stereocenters. The van der Waals surface area contributed by atoms with E-state index in [9.17, 15) is 25.5 Å². The molecule has 0 amide bonds. The second kappa shape index (κ2) is 5.08. The molecule has 0 spiro atoms. The van der Waals surface area contributed by atoms with Crippen molar-refractivity contribution in [2.45, 2.75) is 18.1 Å². The summed E-state index contributed by atoms with van der Waals surface area (Å²) in [4.78, 5) is 0. The molecule has 5 N–H and O–H groups in total. The maximum Gasteiger partial charge on any atom is 0.157 e. The summed E-state index contributed by atoms with van der Waals surface area (Å²) in [5.74, 6) is -0.208. The molecule has 3 rings (SSSR count). The van der Waals surface area contributed by atoms with E-state index in [0.29, 0.717) is 16.9 Å². The van der Waals surface area contributed by atoms with Crippen molar-refractivity contribution < 1.29 is 30.3 Å². The topological polar surface area (TPSA) is 110 Å². The molecule has 2 aromatic rings. The lowest BCUT2D eigenvalue weighted by atomic mass is 9.84. The first-order valence-electron chi connectivity index (χ1n) is 6.76. The van der Waals surface area contributed by atoms with Crippen molar-refractivity contribution in [3.05, 3.63) is 47.5 Å². The highest BCUT2D eigenvalue weighted by atomic mass is 16.5. The summed E-state index contributed by atoms with van der Waals surface area (Å²) in [6.07, 6.45) is -1.17. The molecule has 116 valence electrons. The van der Waals surface area contributed by atoms with Crippen LogP contribution in [0, 0.1) is 0 Å². The van der Waals surface area contributed by atoms with Crippen LogP contribution in [0.25, 0.3) is 0 Å². The number of hydrogen-bond acceptors (Lipinski definition) is 6. The first-order valence-corrected chi connectivity index (χ1v) is 6.76. The lowest BCUT2D eigenvalue weighted by Crippen LogP contribution is -2.47. The molecule has 0 saturated carbocycles. The Morgan fingerprint density at radius 1 is 1.05 bits per heavy atom. The van der Waals surface area contributed by atoms with E-state index in [4.69, 9.17) is 4.74 Å². The molecule has 22 heavy (non-hydrogen) atoms. The molecule has 0 aromatic heterocycles. The minimum Gasteiger partial charge on any atom is -0.508 e. The maximum absolute atomic E-state index is 10.7. The van der Waals surface area contributed by atoms with Gasteiger partial charge in [-0.15, -0.1) is 0 Å². The van der Waals surface area contributed by atoms with Crippen molar-refractivity contribution in [2.24, 2.45) is 0 Å². The smallest absolute Gasteiger partial charge is 0.157 e. The standard InChI is InChI=1S/C16H16O6/c17-10-2-3-11-14(6-10)22-8-16(21,15(11)20)7-9-1-4-12(18)13(19)5-9/h1-6,15,17-21H,7-8H2/t15-,16-/m0/s1. The van der Waals surface area contributed by atoms with Gasteiger partial charge in [-0.3, -0.25) is 0 Å². The Labute approximate surface area is 126 Å². The van der Waals surface area contributed by atoms with Crippen molar-refractivity contribution in [3.8, 4) is 23.0 Å². The summed E-state index contributed by atoms with van der Waals surface area (Å²) in [6.45, 7) is -0.160. The Morgan fingerprint density at radius 2 is 1.82 bits per heavy atom. The Hall–Kier alpha value is -2.44. The van der Waals surface area contributed by atoms with Gasteiger partial charge in [-0.1, -0.05) is 6.07 Å². The number of rotatable bonds is 2. The van der Waals surface area contributed by atoms with E-state index in [0.717, 1.165) is 0 Å². The Balaban J connectivity index is 1.90. The second-order valence-electron chi connectivity index (χ2n) is 5.52. The minimum atomic E-state index is -1.58. The monoisotopic (exact) mass is 304 g/mol. The number of ether oxygens (including phenoxy) is 1. The lowest BCUT2D eigenvalue weighted by Gasteiger charge is -2.38. The Bertz CT molecular complexity index is 714. The van der Waals surface area contributed by atoms with E-state index in [1.54, 1.807) is 6.07 Å². The highest BCUT2D eigenvalue weighted by Gasteiger charge is 2.42. The van der Waals surface area contributed by atoms with Crippen LogP contribution in [0.15, 0.2) is 36.4 Å². The van der Waals surface area contributed by atoms with E-state index in [1.165, 1.54) is 30.3 Å². The zero-order chi connectivity index (χ0) is 15.9. The number of aliphatic hydroxyl groups excluding tert-OH is 1. The summed E-state index contributed by atoms with van der Waals surface area (Å²) in [5, 5.41) is 49.4. The summed E-state index contributed by atoms with van der Waals surface area (Å²) < 4.78 is 5.43. The highest BCUT2D eigenvalue weighted by Crippen LogP contribution is 2.41. The zero-order valence-corrected chi connectivity index (χ0v) is 11.6. The predicted octanol–water partition coefficient (Wildman–Crippen LogP) is 1.20. The minimum absolute atomic E-state index is 0.0137. The van der Waals surface area contributed by atoms with Crippen LogP contribution in [0.1, 0.15) is 17.2 Å². The van der Waals surface area contributed by atoms with Gasteiger partial charge in [0.25, 0.3) is 0 Å². The van der Waals surface area contributed by atoms with Crippen LogP contribution >= 0.6 is 0 Å². The second-order valence-corrected chi connectivity index (χ2v) is 5.52. The summed E-state index contributed by atoms with van der Waals surface area (Å²) in [7, 11) is 0. The van der Waals surface area contributed by atoms with Gasteiger partial charge in [0.1, 0.15) is 29.8 Å². The fraction of sp³-hybridized carbons (Fsp3) is 0.250. The third-order valence-corrected chi connectivity index (χ3v) is 3.83. The molecule has 0 radical (unpaired) electrons. The Morgan fingerprint density at radius 3 is 2.55 bits per heavy atom. The summed E-state index contributed by atoms with van der Waals surface area (Å²) in [6, 6.07) is 8.47. The molecule has 0 saturated heterocycles. The van der Waals surface area contributed by atoms with Crippen molar-refractivity contribution >= 4 is 0 Å². The molecule has 1 heterocycles. The van der Waals surface area contributed by atoms with Crippen LogP contribution in [-0.4, -0.2) is 37.7 Å². The van der Waals surface area contributed by atoms with E-state index in [1.807, 2.05) is 0 Å². The van der Waals surface area contributed by atoms with E-state index >= 15 is 0 Å². The highest BCUT2D eigenvalue weighted by molar-refractivity contribution is 5.45. The average molecular weight is 304 g/mol. The number of phenolic OH excluding ortho intramolecular Hbond substituents is 3. The number of benzene rings is 2. The van der Waals surface area contributed by atoms with Gasteiger partial charge >= 0.3 is 0 Å².